The number of benzene rings is 2. The van der Waals surface area contributed by atoms with Crippen molar-refractivity contribution in [2.45, 2.75) is 38.8 Å². The number of pyridine rings is 1. The largest absolute Gasteiger partial charge is 0.476 e. The molecular weight excluding hydrogens is 538 g/mol. The molecule has 3 aliphatic rings. The van der Waals surface area contributed by atoms with Gasteiger partial charge in [-0.15, -0.1) is 0 Å². The zero-order valence-electron chi connectivity index (χ0n) is 24.7. The number of amides is 1. The van der Waals surface area contributed by atoms with E-state index in [-0.39, 0.29) is 18.4 Å². The first-order valence-electron chi connectivity index (χ1n) is 15.1. The number of nitriles is 2. The maximum Gasteiger partial charge on any atom is 0.246 e. The highest BCUT2D eigenvalue weighted by atomic mass is 16.5. The van der Waals surface area contributed by atoms with Crippen LogP contribution in [0.5, 0.6) is 5.88 Å². The maximum atomic E-state index is 12.6. The first-order chi connectivity index (χ1) is 21.0. The number of hydrogen-bond donors (Lipinski definition) is 1. The Bertz CT molecular complexity index is 1630. The molecule has 3 aromatic rings. The normalized spacial score (nSPS) is 19.9. The van der Waals surface area contributed by atoms with Gasteiger partial charge in [0.2, 0.25) is 11.8 Å². The number of hydrogen-bond acceptors (Lipinski definition) is 8. The second kappa shape index (κ2) is 12.3. The quantitative estimate of drug-likeness (QED) is 0.420. The average molecular weight is 576 g/mol. The standard InChI is InChI=1S/C34H37N7O2/c1-3-31(42)41-17-16-40(20-26(41)10-13-35)33-27-12-15-39(30-9-5-8-25-7-4-6-23(2)32(25)30)21-29(27)38-34(28(33)18-36)43-22-24-11-14-37-19-24/h3-9,24,26,37H,1,10-12,14-17,19-22H2,2H3. The van der Waals surface area contributed by atoms with E-state index in [9.17, 15) is 15.3 Å². The highest BCUT2D eigenvalue weighted by molar-refractivity contribution is 5.97. The van der Waals surface area contributed by atoms with Crippen LogP contribution in [0.2, 0.25) is 0 Å². The number of carbonyl (C=O) groups excluding carboxylic acids is 1. The Hall–Kier alpha value is -4.60. The third-order valence-electron chi connectivity index (χ3n) is 9.04. The molecule has 1 N–H and O–H groups in total. The van der Waals surface area contributed by atoms with E-state index in [4.69, 9.17) is 9.72 Å². The van der Waals surface area contributed by atoms with Crippen LogP contribution in [-0.2, 0) is 17.8 Å². The number of aromatic nitrogens is 1. The van der Waals surface area contributed by atoms with Crippen LogP contribution in [0.1, 0.15) is 35.2 Å². The van der Waals surface area contributed by atoms with Crippen LogP contribution in [0, 0.1) is 35.5 Å². The lowest BCUT2D eigenvalue weighted by molar-refractivity contribution is -0.128. The first kappa shape index (κ1) is 28.5. The zero-order valence-corrected chi connectivity index (χ0v) is 24.7. The Kier molecular flexibility index (Phi) is 8.18. The summed E-state index contributed by atoms with van der Waals surface area (Å²) >= 11 is 0. The van der Waals surface area contributed by atoms with Gasteiger partial charge in [0, 0.05) is 55.3 Å². The average Bonchev–Trinajstić information content (AvgIpc) is 3.56. The van der Waals surface area contributed by atoms with Gasteiger partial charge in [0.05, 0.1) is 43.1 Å². The fourth-order valence-corrected chi connectivity index (χ4v) is 6.86. The molecule has 3 aliphatic heterocycles. The summed E-state index contributed by atoms with van der Waals surface area (Å²) in [6, 6.07) is 17.2. The van der Waals surface area contributed by atoms with Gasteiger partial charge in [0.1, 0.15) is 11.6 Å². The minimum absolute atomic E-state index is 0.174. The van der Waals surface area contributed by atoms with E-state index in [1.807, 2.05) is 0 Å². The second-order valence-electron chi connectivity index (χ2n) is 11.7. The highest BCUT2D eigenvalue weighted by Crippen LogP contribution is 2.40. The van der Waals surface area contributed by atoms with Gasteiger partial charge in [-0.2, -0.15) is 10.5 Å². The SMILES string of the molecule is C=CC(=O)N1CCN(c2c(C#N)c(OCC3CCNC3)nc3c2CCN(c2cccc4cccc(C)c24)C3)CC1CC#N. The van der Waals surface area contributed by atoms with Crippen LogP contribution in [0.3, 0.4) is 0 Å². The van der Waals surface area contributed by atoms with Gasteiger partial charge >= 0.3 is 0 Å². The van der Waals surface area contributed by atoms with Crippen LogP contribution in [0.15, 0.2) is 49.1 Å². The number of nitrogens with zero attached hydrogens (tertiary/aromatic N) is 6. The fourth-order valence-electron chi connectivity index (χ4n) is 6.86. The van der Waals surface area contributed by atoms with Crippen molar-refractivity contribution in [1.82, 2.24) is 15.2 Å². The van der Waals surface area contributed by atoms with Crippen molar-refractivity contribution in [2.75, 3.05) is 55.7 Å². The molecule has 6 rings (SSSR count). The molecule has 43 heavy (non-hydrogen) atoms. The lowest BCUT2D eigenvalue weighted by atomic mass is 9.95. The molecule has 0 aliphatic carbocycles. The number of anilines is 2. The topological polar surface area (TPSA) is 109 Å². The van der Waals surface area contributed by atoms with Gasteiger partial charge < -0.3 is 24.8 Å². The highest BCUT2D eigenvalue weighted by Gasteiger charge is 2.35. The van der Waals surface area contributed by atoms with E-state index in [2.05, 4.69) is 77.2 Å². The smallest absolute Gasteiger partial charge is 0.246 e. The van der Waals surface area contributed by atoms with E-state index in [0.717, 1.165) is 49.4 Å². The Labute approximate surface area is 253 Å². The Morgan fingerprint density at radius 1 is 1.19 bits per heavy atom. The predicted octanol–water partition coefficient (Wildman–Crippen LogP) is 4.08. The third kappa shape index (κ3) is 5.49. The molecule has 0 spiro atoms. The van der Waals surface area contributed by atoms with Gasteiger partial charge in [-0.25, -0.2) is 4.98 Å². The summed E-state index contributed by atoms with van der Waals surface area (Å²) in [4.78, 5) is 23.9. The van der Waals surface area contributed by atoms with Crippen LogP contribution in [0.4, 0.5) is 11.4 Å². The number of aryl methyl sites for hydroxylation is 1. The molecule has 0 saturated carbocycles. The van der Waals surface area contributed by atoms with E-state index >= 15 is 0 Å². The summed E-state index contributed by atoms with van der Waals surface area (Å²) in [5, 5.41) is 25.9. The van der Waals surface area contributed by atoms with Gasteiger partial charge in [-0.3, -0.25) is 4.79 Å². The number of carbonyl (C=O) groups is 1. The Balaban J connectivity index is 1.40. The molecule has 220 valence electrons. The lowest BCUT2D eigenvalue weighted by Gasteiger charge is -2.43. The Morgan fingerprint density at radius 2 is 2.02 bits per heavy atom. The molecule has 1 aromatic heterocycles. The van der Waals surface area contributed by atoms with Crippen LogP contribution >= 0.6 is 0 Å². The van der Waals surface area contributed by atoms with Crippen molar-refractivity contribution >= 4 is 28.1 Å². The van der Waals surface area contributed by atoms with Gasteiger partial charge in [0.15, 0.2) is 0 Å². The monoisotopic (exact) mass is 575 g/mol. The number of rotatable bonds is 7. The lowest BCUT2D eigenvalue weighted by Crippen LogP contribution is -2.55. The third-order valence-corrected chi connectivity index (χ3v) is 9.04. The molecular formula is C34H37N7O2. The van der Waals surface area contributed by atoms with Gasteiger partial charge in [0.25, 0.3) is 0 Å². The maximum absolute atomic E-state index is 12.6. The van der Waals surface area contributed by atoms with Crippen molar-refractivity contribution in [2.24, 2.45) is 5.92 Å². The first-order valence-corrected chi connectivity index (χ1v) is 15.1. The molecule has 9 nitrogen and oxygen atoms in total. The molecule has 2 atom stereocenters. The van der Waals surface area contributed by atoms with E-state index in [1.165, 1.54) is 28.1 Å². The molecule has 9 heteroatoms. The Morgan fingerprint density at radius 3 is 2.77 bits per heavy atom. The molecule has 2 aromatic carbocycles. The minimum Gasteiger partial charge on any atom is -0.476 e. The predicted molar refractivity (Wildman–Crippen MR) is 167 cm³/mol. The zero-order chi connectivity index (χ0) is 29.9. The van der Waals surface area contributed by atoms with Gasteiger partial charge in [-0.05, 0) is 49.4 Å². The summed E-state index contributed by atoms with van der Waals surface area (Å²) < 4.78 is 6.34. The van der Waals surface area contributed by atoms with Crippen molar-refractivity contribution in [1.29, 1.82) is 10.5 Å². The van der Waals surface area contributed by atoms with Crippen LogP contribution < -0.4 is 19.9 Å². The van der Waals surface area contributed by atoms with Crippen LogP contribution in [0.25, 0.3) is 10.8 Å². The van der Waals surface area contributed by atoms with E-state index in [1.54, 1.807) is 4.90 Å². The second-order valence-corrected chi connectivity index (χ2v) is 11.7. The molecule has 2 unspecified atom stereocenters. The van der Waals surface area contributed by atoms with E-state index in [0.29, 0.717) is 50.1 Å². The molecule has 2 fully saturated rings. The minimum atomic E-state index is -0.299. The summed E-state index contributed by atoms with van der Waals surface area (Å²) in [5.74, 6) is 0.573. The van der Waals surface area contributed by atoms with E-state index < -0.39 is 0 Å². The molecule has 0 radical (unpaired) electrons. The number of nitrogens with one attached hydrogen (secondary N) is 1. The van der Waals surface area contributed by atoms with Crippen molar-refractivity contribution < 1.29 is 9.53 Å². The number of ether oxygens (including phenoxy) is 1. The molecule has 0 bridgehead atoms. The summed E-state index contributed by atoms with van der Waals surface area (Å²) in [6.45, 7) is 11.0. The molecule has 2 saturated heterocycles. The van der Waals surface area contributed by atoms with Crippen molar-refractivity contribution in [3.05, 3.63) is 71.4 Å². The fraction of sp³-hybridized carbons (Fsp3) is 0.412. The van der Waals surface area contributed by atoms with Gasteiger partial charge in [-0.1, -0.05) is 36.9 Å². The van der Waals surface area contributed by atoms with Crippen LogP contribution in [-0.4, -0.2) is 67.7 Å². The molecule has 1 amide bonds. The van der Waals surface area contributed by atoms with Crippen molar-refractivity contribution in [3.8, 4) is 18.0 Å². The summed E-state index contributed by atoms with van der Waals surface area (Å²) in [5.41, 5.74) is 5.66. The summed E-state index contributed by atoms with van der Waals surface area (Å²) in [7, 11) is 0. The summed E-state index contributed by atoms with van der Waals surface area (Å²) in [6.07, 6.45) is 3.26. The number of piperazine rings is 1. The number of fused-ring (bicyclic) bond motifs is 2. The molecule has 4 heterocycles. The van der Waals surface area contributed by atoms with Crippen molar-refractivity contribution in [3.63, 3.8) is 0 Å².